The molecule has 0 N–H and O–H groups in total. The van der Waals surface area contributed by atoms with Gasteiger partial charge < -0.3 is 9.80 Å². The Hall–Kier alpha value is 0.460. The van der Waals surface area contributed by atoms with E-state index in [0.29, 0.717) is 5.92 Å². The van der Waals surface area contributed by atoms with Crippen LogP contribution in [0.2, 0.25) is 0 Å². The molecule has 2 unspecified atom stereocenters. The molecule has 1 fully saturated rings. The highest BCUT2D eigenvalue weighted by Crippen LogP contribution is 2.11. The van der Waals surface area contributed by atoms with Crippen molar-refractivity contribution in [3.05, 3.63) is 0 Å². The summed E-state index contributed by atoms with van der Waals surface area (Å²) in [5, 5.41) is 0. The van der Waals surface area contributed by atoms with Crippen LogP contribution in [0.5, 0.6) is 0 Å². The lowest BCUT2D eigenvalue weighted by atomic mass is 10.2. The summed E-state index contributed by atoms with van der Waals surface area (Å²) in [5.41, 5.74) is 0.253. The first kappa shape index (κ1) is 19.5. The lowest BCUT2D eigenvalue weighted by Crippen LogP contribution is -2.47. The maximum atomic E-state index is 6.10. The molecule has 3 nitrogen and oxygen atoms in total. The molecule has 0 aromatic carbocycles. The lowest BCUT2D eigenvalue weighted by molar-refractivity contribution is 0.140. The quantitative estimate of drug-likeness (QED) is 0.571. The van der Waals surface area contributed by atoms with Crippen molar-refractivity contribution in [2.24, 2.45) is 5.92 Å². The maximum absolute atomic E-state index is 6.10. The number of hydrogen-bond donors (Lipinski definition) is 0. The standard InChI is InChI=1S/C8H17ClN2.C6H14ClN/c1-3-8(9)11-6-4-10(2)5-7-11;1-6(4-7)5-8(2)3/h8H,3-7H2,1-2H3;6H,4-5H2,1-3H3. The average Bonchev–Trinajstić information content (AvgIpc) is 2.38. The van der Waals surface area contributed by atoms with E-state index in [-0.39, 0.29) is 5.50 Å². The zero-order valence-corrected chi connectivity index (χ0v) is 14.7. The molecule has 1 rings (SSSR count). The van der Waals surface area contributed by atoms with Crippen molar-refractivity contribution in [3.8, 4) is 0 Å². The van der Waals surface area contributed by atoms with Crippen molar-refractivity contribution >= 4 is 23.2 Å². The summed E-state index contributed by atoms with van der Waals surface area (Å²) in [5.74, 6) is 1.38. The molecule has 5 heteroatoms. The molecule has 0 bridgehead atoms. The van der Waals surface area contributed by atoms with Gasteiger partial charge in [-0.15, -0.1) is 23.2 Å². The highest BCUT2D eigenvalue weighted by Gasteiger charge is 2.18. The van der Waals surface area contributed by atoms with Gasteiger partial charge in [-0.25, -0.2) is 0 Å². The fourth-order valence-corrected chi connectivity index (χ4v) is 2.33. The van der Waals surface area contributed by atoms with E-state index < -0.39 is 0 Å². The van der Waals surface area contributed by atoms with Crippen molar-refractivity contribution in [2.45, 2.75) is 25.8 Å². The van der Waals surface area contributed by atoms with Crippen LogP contribution < -0.4 is 0 Å². The number of piperazine rings is 1. The number of alkyl halides is 2. The van der Waals surface area contributed by atoms with Crippen molar-refractivity contribution in [3.63, 3.8) is 0 Å². The fraction of sp³-hybridized carbons (Fsp3) is 1.00. The normalized spacial score (nSPS) is 20.8. The highest BCUT2D eigenvalue weighted by atomic mass is 35.5. The third kappa shape index (κ3) is 9.91. The third-order valence-electron chi connectivity index (χ3n) is 3.21. The Kier molecular flexibility index (Phi) is 11.4. The summed E-state index contributed by atoms with van der Waals surface area (Å²) in [6, 6.07) is 0. The summed E-state index contributed by atoms with van der Waals surface area (Å²) >= 11 is 11.7. The molecule has 0 radical (unpaired) electrons. The van der Waals surface area contributed by atoms with E-state index in [0.717, 1.165) is 45.0 Å². The van der Waals surface area contributed by atoms with E-state index in [2.05, 4.69) is 49.7 Å². The molecular weight excluding hydrogens is 281 g/mol. The molecule has 0 aromatic rings. The highest BCUT2D eigenvalue weighted by molar-refractivity contribution is 6.20. The van der Waals surface area contributed by atoms with Gasteiger partial charge in [-0.1, -0.05) is 13.8 Å². The maximum Gasteiger partial charge on any atom is 0.0848 e. The van der Waals surface area contributed by atoms with Gasteiger partial charge in [0.1, 0.15) is 0 Å². The van der Waals surface area contributed by atoms with Gasteiger partial charge in [-0.05, 0) is 33.5 Å². The Morgan fingerprint density at radius 2 is 1.68 bits per heavy atom. The van der Waals surface area contributed by atoms with Gasteiger partial charge in [-0.2, -0.15) is 0 Å². The molecular formula is C14H31Cl2N3. The number of nitrogens with zero attached hydrogens (tertiary/aromatic N) is 3. The molecule has 1 aliphatic heterocycles. The van der Waals surface area contributed by atoms with Gasteiger partial charge >= 0.3 is 0 Å². The first-order chi connectivity index (χ1) is 8.90. The summed E-state index contributed by atoms with van der Waals surface area (Å²) in [6.07, 6.45) is 1.05. The molecule has 0 saturated carbocycles. The zero-order valence-electron chi connectivity index (χ0n) is 13.2. The minimum atomic E-state index is 0.253. The summed E-state index contributed by atoms with van der Waals surface area (Å²) in [7, 11) is 6.28. The van der Waals surface area contributed by atoms with Gasteiger partial charge in [0.2, 0.25) is 0 Å². The van der Waals surface area contributed by atoms with E-state index >= 15 is 0 Å². The third-order valence-corrected chi connectivity index (χ3v) is 4.32. The Balaban J connectivity index is 0.000000362. The zero-order chi connectivity index (χ0) is 14.8. The number of rotatable bonds is 5. The molecule has 19 heavy (non-hydrogen) atoms. The molecule has 0 aromatic heterocycles. The lowest BCUT2D eigenvalue weighted by Gasteiger charge is -2.34. The Labute approximate surface area is 129 Å². The molecule has 1 saturated heterocycles. The topological polar surface area (TPSA) is 9.72 Å². The smallest absolute Gasteiger partial charge is 0.0848 e. The van der Waals surface area contributed by atoms with Crippen LogP contribution in [-0.4, -0.2) is 79.9 Å². The summed E-state index contributed by atoms with van der Waals surface area (Å²) in [4.78, 5) is 6.84. The molecule has 0 aliphatic carbocycles. The van der Waals surface area contributed by atoms with Crippen LogP contribution in [0.3, 0.4) is 0 Å². The second kappa shape index (κ2) is 11.2. The summed E-state index contributed by atoms with van der Waals surface area (Å²) < 4.78 is 0. The minimum Gasteiger partial charge on any atom is -0.309 e. The van der Waals surface area contributed by atoms with Gasteiger partial charge in [0, 0.05) is 38.6 Å². The SMILES string of the molecule is CC(CCl)CN(C)C.CCC(Cl)N1CCN(C)CC1. The van der Waals surface area contributed by atoms with E-state index in [1.165, 1.54) is 0 Å². The molecule has 0 amide bonds. The van der Waals surface area contributed by atoms with Gasteiger partial charge in [0.05, 0.1) is 5.50 Å². The van der Waals surface area contributed by atoms with Crippen LogP contribution in [-0.2, 0) is 0 Å². The van der Waals surface area contributed by atoms with Gasteiger partial charge in [0.15, 0.2) is 0 Å². The Bertz CT molecular complexity index is 207. The minimum absolute atomic E-state index is 0.253. The number of hydrogen-bond acceptors (Lipinski definition) is 3. The number of likely N-dealkylation sites (N-methyl/N-ethyl adjacent to an activating group) is 1. The van der Waals surface area contributed by atoms with Crippen LogP contribution in [0, 0.1) is 5.92 Å². The first-order valence-electron chi connectivity index (χ1n) is 7.18. The van der Waals surface area contributed by atoms with Crippen LogP contribution >= 0.6 is 23.2 Å². The molecule has 1 heterocycles. The van der Waals surface area contributed by atoms with Crippen molar-refractivity contribution in [2.75, 3.05) is 59.7 Å². The van der Waals surface area contributed by atoms with E-state index in [4.69, 9.17) is 23.2 Å². The van der Waals surface area contributed by atoms with E-state index in [1.54, 1.807) is 0 Å². The van der Waals surface area contributed by atoms with Crippen molar-refractivity contribution in [1.82, 2.24) is 14.7 Å². The fourth-order valence-electron chi connectivity index (χ4n) is 2.03. The largest absolute Gasteiger partial charge is 0.309 e. The average molecular weight is 312 g/mol. The van der Waals surface area contributed by atoms with Crippen LogP contribution in [0.25, 0.3) is 0 Å². The van der Waals surface area contributed by atoms with Crippen LogP contribution in [0.4, 0.5) is 0 Å². The molecule has 1 aliphatic rings. The monoisotopic (exact) mass is 311 g/mol. The Morgan fingerprint density at radius 3 is 2.00 bits per heavy atom. The van der Waals surface area contributed by atoms with Gasteiger partial charge in [-0.3, -0.25) is 4.90 Å². The van der Waals surface area contributed by atoms with Crippen molar-refractivity contribution in [1.29, 1.82) is 0 Å². The van der Waals surface area contributed by atoms with Crippen molar-refractivity contribution < 1.29 is 0 Å². The van der Waals surface area contributed by atoms with Gasteiger partial charge in [0.25, 0.3) is 0 Å². The van der Waals surface area contributed by atoms with E-state index in [9.17, 15) is 0 Å². The number of halogens is 2. The summed E-state index contributed by atoms with van der Waals surface area (Å²) in [6.45, 7) is 9.93. The second-order valence-electron chi connectivity index (χ2n) is 5.70. The molecule has 116 valence electrons. The first-order valence-corrected chi connectivity index (χ1v) is 8.15. The molecule has 2 atom stereocenters. The molecule has 0 spiro atoms. The predicted molar refractivity (Wildman–Crippen MR) is 87.4 cm³/mol. The predicted octanol–water partition coefficient (Wildman–Crippen LogP) is 2.63. The Morgan fingerprint density at radius 1 is 1.16 bits per heavy atom. The van der Waals surface area contributed by atoms with Crippen LogP contribution in [0.1, 0.15) is 20.3 Å². The second-order valence-corrected chi connectivity index (χ2v) is 6.52. The van der Waals surface area contributed by atoms with Crippen LogP contribution in [0.15, 0.2) is 0 Å². The van der Waals surface area contributed by atoms with E-state index in [1.807, 2.05) is 0 Å².